The Hall–Kier alpha value is -2.62. The van der Waals surface area contributed by atoms with Gasteiger partial charge in [-0.15, -0.1) is 0 Å². The third kappa shape index (κ3) is 5.23. The Bertz CT molecular complexity index is 701. The molecule has 0 aliphatic rings. The number of carbonyl (C=O) groups excluding carboxylic acids is 2. The van der Waals surface area contributed by atoms with Gasteiger partial charge in [0.15, 0.2) is 0 Å². The summed E-state index contributed by atoms with van der Waals surface area (Å²) < 4.78 is 0. The van der Waals surface area contributed by atoms with E-state index in [1.807, 2.05) is 63.2 Å². The summed E-state index contributed by atoms with van der Waals surface area (Å²) in [5, 5.41) is 5.73. The van der Waals surface area contributed by atoms with Crippen LogP contribution in [0.1, 0.15) is 28.7 Å². The minimum absolute atomic E-state index is 0.0725. The second kappa shape index (κ2) is 8.29. The molecule has 0 aromatic heterocycles. The van der Waals surface area contributed by atoms with Crippen LogP contribution in [-0.2, 0) is 16.0 Å². The average molecular weight is 324 g/mol. The lowest BCUT2D eigenvalue weighted by Crippen LogP contribution is -2.29. The van der Waals surface area contributed by atoms with Crippen LogP contribution in [0, 0.1) is 20.8 Å². The lowest BCUT2D eigenvalue weighted by molar-refractivity contribution is -0.120. The highest BCUT2D eigenvalue weighted by atomic mass is 16.2. The fraction of sp³-hybridized carbons (Fsp3) is 0.300. The van der Waals surface area contributed by atoms with Crippen LogP contribution in [0.5, 0.6) is 0 Å². The Morgan fingerprint density at radius 2 is 1.54 bits per heavy atom. The predicted molar refractivity (Wildman–Crippen MR) is 97.1 cm³/mol. The van der Waals surface area contributed by atoms with E-state index in [1.165, 1.54) is 5.56 Å². The summed E-state index contributed by atoms with van der Waals surface area (Å²) in [4.78, 5) is 23.9. The van der Waals surface area contributed by atoms with Crippen LogP contribution in [0.25, 0.3) is 0 Å². The number of hydrogen-bond acceptors (Lipinski definition) is 2. The molecule has 2 aromatic carbocycles. The molecule has 126 valence electrons. The van der Waals surface area contributed by atoms with E-state index in [4.69, 9.17) is 0 Å². The Kier molecular flexibility index (Phi) is 6.13. The standard InChI is InChI=1S/C20H24N2O2/c1-14-11-15(2)20(16(3)12-14)22-18(23)9-10-21-19(24)13-17-7-5-4-6-8-17/h4-8,11-12H,9-10,13H2,1-3H3,(H,21,24)(H,22,23). The first kappa shape index (κ1) is 17.7. The van der Waals surface area contributed by atoms with Gasteiger partial charge in [-0.1, -0.05) is 48.0 Å². The maximum absolute atomic E-state index is 12.1. The van der Waals surface area contributed by atoms with Gasteiger partial charge in [-0.2, -0.15) is 0 Å². The Labute approximate surface area is 143 Å². The molecule has 0 spiro atoms. The van der Waals surface area contributed by atoms with Crippen molar-refractivity contribution >= 4 is 17.5 Å². The molecule has 0 bridgehead atoms. The van der Waals surface area contributed by atoms with Crippen molar-refractivity contribution in [3.8, 4) is 0 Å². The van der Waals surface area contributed by atoms with E-state index in [1.54, 1.807) is 0 Å². The van der Waals surface area contributed by atoms with Crippen molar-refractivity contribution in [1.82, 2.24) is 5.32 Å². The van der Waals surface area contributed by atoms with Crippen molar-refractivity contribution in [2.75, 3.05) is 11.9 Å². The van der Waals surface area contributed by atoms with E-state index in [0.29, 0.717) is 13.0 Å². The zero-order chi connectivity index (χ0) is 17.5. The lowest BCUT2D eigenvalue weighted by Gasteiger charge is -2.13. The van der Waals surface area contributed by atoms with Gasteiger partial charge in [-0.25, -0.2) is 0 Å². The quantitative estimate of drug-likeness (QED) is 0.856. The molecule has 0 radical (unpaired) electrons. The molecule has 2 N–H and O–H groups in total. The monoisotopic (exact) mass is 324 g/mol. The molecule has 0 aliphatic carbocycles. The van der Waals surface area contributed by atoms with E-state index in [2.05, 4.69) is 10.6 Å². The first-order valence-corrected chi connectivity index (χ1v) is 8.14. The van der Waals surface area contributed by atoms with Gasteiger partial charge in [0.05, 0.1) is 6.42 Å². The van der Waals surface area contributed by atoms with Gasteiger partial charge in [-0.3, -0.25) is 9.59 Å². The van der Waals surface area contributed by atoms with Gasteiger partial charge in [0, 0.05) is 18.7 Å². The van der Waals surface area contributed by atoms with E-state index >= 15 is 0 Å². The molecule has 0 saturated carbocycles. The van der Waals surface area contributed by atoms with Crippen LogP contribution < -0.4 is 10.6 Å². The fourth-order valence-corrected chi connectivity index (χ4v) is 2.74. The first-order valence-electron chi connectivity index (χ1n) is 8.14. The highest BCUT2D eigenvalue weighted by molar-refractivity contribution is 5.92. The van der Waals surface area contributed by atoms with E-state index in [0.717, 1.165) is 22.4 Å². The summed E-state index contributed by atoms with van der Waals surface area (Å²) in [6.07, 6.45) is 0.589. The molecule has 2 amide bonds. The zero-order valence-electron chi connectivity index (χ0n) is 14.5. The van der Waals surface area contributed by atoms with Crippen molar-refractivity contribution in [2.45, 2.75) is 33.6 Å². The Balaban J connectivity index is 1.78. The van der Waals surface area contributed by atoms with Crippen molar-refractivity contribution in [1.29, 1.82) is 0 Å². The zero-order valence-corrected chi connectivity index (χ0v) is 14.5. The molecular weight excluding hydrogens is 300 g/mol. The molecule has 2 aromatic rings. The number of aryl methyl sites for hydroxylation is 3. The molecule has 0 atom stereocenters. The maximum Gasteiger partial charge on any atom is 0.226 e. The smallest absolute Gasteiger partial charge is 0.226 e. The minimum Gasteiger partial charge on any atom is -0.355 e. The molecule has 2 rings (SSSR count). The molecule has 0 aliphatic heterocycles. The molecule has 0 fully saturated rings. The second-order valence-corrected chi connectivity index (χ2v) is 6.08. The van der Waals surface area contributed by atoms with E-state index in [-0.39, 0.29) is 18.2 Å². The second-order valence-electron chi connectivity index (χ2n) is 6.08. The van der Waals surface area contributed by atoms with Crippen molar-refractivity contribution in [2.24, 2.45) is 0 Å². The van der Waals surface area contributed by atoms with Crippen molar-refractivity contribution in [3.63, 3.8) is 0 Å². The number of benzene rings is 2. The molecular formula is C20H24N2O2. The van der Waals surface area contributed by atoms with Crippen LogP contribution in [0.15, 0.2) is 42.5 Å². The normalized spacial score (nSPS) is 10.3. The largest absolute Gasteiger partial charge is 0.355 e. The predicted octanol–water partition coefficient (Wildman–Crippen LogP) is 3.30. The summed E-state index contributed by atoms with van der Waals surface area (Å²) in [5.74, 6) is -0.165. The molecule has 4 nitrogen and oxygen atoms in total. The average Bonchev–Trinajstić information content (AvgIpc) is 2.52. The summed E-state index contributed by atoms with van der Waals surface area (Å²) in [7, 11) is 0. The van der Waals surface area contributed by atoms with Crippen LogP contribution in [-0.4, -0.2) is 18.4 Å². The highest BCUT2D eigenvalue weighted by Gasteiger charge is 2.09. The SMILES string of the molecule is Cc1cc(C)c(NC(=O)CCNC(=O)Cc2ccccc2)c(C)c1. The summed E-state index contributed by atoms with van der Waals surface area (Å²) in [5.41, 5.74) is 5.10. The summed E-state index contributed by atoms with van der Waals surface area (Å²) in [6, 6.07) is 13.6. The molecule has 24 heavy (non-hydrogen) atoms. The number of anilines is 1. The van der Waals surface area contributed by atoms with Crippen LogP contribution in [0.3, 0.4) is 0 Å². The van der Waals surface area contributed by atoms with Gasteiger partial charge < -0.3 is 10.6 Å². The van der Waals surface area contributed by atoms with Crippen LogP contribution in [0.4, 0.5) is 5.69 Å². The fourth-order valence-electron chi connectivity index (χ4n) is 2.74. The maximum atomic E-state index is 12.1. The van der Waals surface area contributed by atoms with Gasteiger partial charge in [0.1, 0.15) is 0 Å². The summed E-state index contributed by atoms with van der Waals surface area (Å²) >= 11 is 0. The summed E-state index contributed by atoms with van der Waals surface area (Å²) in [6.45, 7) is 6.34. The number of hydrogen-bond donors (Lipinski definition) is 2. The lowest BCUT2D eigenvalue weighted by atomic mass is 10.1. The Morgan fingerprint density at radius 1 is 0.917 bits per heavy atom. The van der Waals surface area contributed by atoms with Gasteiger partial charge in [-0.05, 0) is 37.5 Å². The van der Waals surface area contributed by atoms with Gasteiger partial charge >= 0.3 is 0 Å². The number of carbonyl (C=O) groups is 2. The molecule has 4 heteroatoms. The molecule has 0 saturated heterocycles. The third-order valence-corrected chi connectivity index (χ3v) is 3.82. The highest BCUT2D eigenvalue weighted by Crippen LogP contribution is 2.21. The molecule has 0 heterocycles. The Morgan fingerprint density at radius 3 is 2.17 bits per heavy atom. The van der Waals surface area contributed by atoms with E-state index in [9.17, 15) is 9.59 Å². The topological polar surface area (TPSA) is 58.2 Å². The number of rotatable bonds is 6. The van der Waals surface area contributed by atoms with Crippen molar-refractivity contribution < 1.29 is 9.59 Å². The van der Waals surface area contributed by atoms with Crippen LogP contribution in [0.2, 0.25) is 0 Å². The van der Waals surface area contributed by atoms with Gasteiger partial charge in [0.2, 0.25) is 11.8 Å². The molecule has 0 unspecified atom stereocenters. The first-order chi connectivity index (χ1) is 11.5. The number of amides is 2. The van der Waals surface area contributed by atoms with Crippen molar-refractivity contribution in [3.05, 3.63) is 64.7 Å². The van der Waals surface area contributed by atoms with E-state index < -0.39 is 0 Å². The number of nitrogens with one attached hydrogen (secondary N) is 2. The van der Waals surface area contributed by atoms with Gasteiger partial charge in [0.25, 0.3) is 0 Å². The third-order valence-electron chi connectivity index (χ3n) is 3.82. The van der Waals surface area contributed by atoms with Crippen LogP contribution >= 0.6 is 0 Å². The minimum atomic E-state index is -0.0925.